The van der Waals surface area contributed by atoms with Gasteiger partial charge in [-0.2, -0.15) is 15.8 Å². The van der Waals surface area contributed by atoms with Crippen molar-refractivity contribution in [2.24, 2.45) is 0 Å². The number of benzene rings is 2. The molecule has 0 bridgehead atoms. The van der Waals surface area contributed by atoms with Crippen LogP contribution in [0.3, 0.4) is 0 Å². The van der Waals surface area contributed by atoms with E-state index < -0.39 is 29.6 Å². The number of hydrogen-bond acceptors (Lipinski definition) is 6. The molecule has 1 unspecified atom stereocenters. The van der Waals surface area contributed by atoms with Gasteiger partial charge in [-0.1, -0.05) is 6.07 Å². The van der Waals surface area contributed by atoms with Crippen molar-refractivity contribution >= 4 is 5.69 Å². The Kier molecular flexibility index (Phi) is 4.93. The van der Waals surface area contributed by atoms with E-state index >= 15 is 0 Å². The fourth-order valence-electron chi connectivity index (χ4n) is 3.69. The molecule has 7 nitrogen and oxygen atoms in total. The summed E-state index contributed by atoms with van der Waals surface area (Å²) < 4.78 is 44.1. The van der Waals surface area contributed by atoms with E-state index in [9.17, 15) is 18.3 Å². The van der Waals surface area contributed by atoms with Gasteiger partial charge in [0.05, 0.1) is 29.9 Å². The maximum Gasteiger partial charge on any atom is 0.195 e. The van der Waals surface area contributed by atoms with E-state index in [4.69, 9.17) is 5.26 Å². The predicted octanol–water partition coefficient (Wildman–Crippen LogP) is 2.70. The molecule has 3 atom stereocenters. The minimum absolute atomic E-state index is 0.175. The monoisotopic (exact) mass is 414 g/mol. The first-order valence-electron chi connectivity index (χ1n) is 9.07. The molecule has 0 radical (unpaired) electrons. The standard InChI is InChI=1S/C20H17F3N6O/c1-12(29-18-5-2-13(8-24)6-15(18)19(23)27-29)20(30,9-28-11-25-10-26-28)16-4-3-14(21)7-17(16)22/h2-7,10-12,19,27,30H,9H2,1H3/t12-,19+,20?/m1/s1. The summed E-state index contributed by atoms with van der Waals surface area (Å²) >= 11 is 0. The number of rotatable bonds is 5. The molecular weight excluding hydrogens is 397 g/mol. The summed E-state index contributed by atoms with van der Waals surface area (Å²) in [5.74, 6) is -1.73. The first-order chi connectivity index (χ1) is 14.3. The third-order valence-corrected chi connectivity index (χ3v) is 5.29. The summed E-state index contributed by atoms with van der Waals surface area (Å²) in [5.41, 5.74) is 1.40. The number of halogens is 3. The van der Waals surface area contributed by atoms with Crippen LogP contribution in [0.4, 0.5) is 18.9 Å². The average Bonchev–Trinajstić information content (AvgIpc) is 3.34. The van der Waals surface area contributed by atoms with Crippen molar-refractivity contribution in [2.45, 2.75) is 31.4 Å². The number of hydrazine groups is 1. The largest absolute Gasteiger partial charge is 0.381 e. The van der Waals surface area contributed by atoms with Gasteiger partial charge in [0.2, 0.25) is 0 Å². The Morgan fingerprint density at radius 2 is 2.10 bits per heavy atom. The number of aromatic nitrogens is 3. The van der Waals surface area contributed by atoms with Crippen molar-refractivity contribution < 1.29 is 18.3 Å². The zero-order chi connectivity index (χ0) is 21.5. The maximum absolute atomic E-state index is 14.7. The molecule has 1 aromatic heterocycles. The summed E-state index contributed by atoms with van der Waals surface area (Å²) in [7, 11) is 0. The number of nitrogens with zero attached hydrogens (tertiary/aromatic N) is 5. The molecule has 30 heavy (non-hydrogen) atoms. The molecule has 2 heterocycles. The topological polar surface area (TPSA) is 90.0 Å². The van der Waals surface area contributed by atoms with Gasteiger partial charge in [0.15, 0.2) is 6.30 Å². The van der Waals surface area contributed by atoms with Crippen molar-refractivity contribution in [1.29, 1.82) is 5.26 Å². The van der Waals surface area contributed by atoms with Crippen LogP contribution in [-0.4, -0.2) is 25.9 Å². The van der Waals surface area contributed by atoms with Crippen LogP contribution < -0.4 is 10.4 Å². The lowest BCUT2D eigenvalue weighted by Gasteiger charge is -2.40. The number of nitrogens with one attached hydrogen (secondary N) is 1. The van der Waals surface area contributed by atoms with Crippen LogP contribution in [-0.2, 0) is 12.1 Å². The quantitative estimate of drug-likeness (QED) is 0.624. The van der Waals surface area contributed by atoms with Crippen molar-refractivity contribution in [2.75, 3.05) is 5.01 Å². The predicted molar refractivity (Wildman–Crippen MR) is 100 cm³/mol. The number of fused-ring (bicyclic) bond motifs is 1. The number of alkyl halides is 1. The van der Waals surface area contributed by atoms with Gasteiger partial charge in [0.25, 0.3) is 0 Å². The van der Waals surface area contributed by atoms with Crippen LogP contribution in [0.1, 0.15) is 29.9 Å². The van der Waals surface area contributed by atoms with Gasteiger partial charge in [-0.3, -0.25) is 5.01 Å². The number of hydrogen-bond donors (Lipinski definition) is 2. The second kappa shape index (κ2) is 7.44. The Labute approximate surface area is 170 Å². The second-order valence-electron chi connectivity index (χ2n) is 7.06. The van der Waals surface area contributed by atoms with E-state index in [1.807, 2.05) is 6.07 Å². The van der Waals surface area contributed by atoms with Crippen molar-refractivity contribution in [3.63, 3.8) is 0 Å². The van der Waals surface area contributed by atoms with Gasteiger partial charge in [0.1, 0.15) is 29.9 Å². The first kappa shape index (κ1) is 19.9. The van der Waals surface area contributed by atoms with E-state index in [1.54, 1.807) is 13.0 Å². The van der Waals surface area contributed by atoms with Crippen molar-refractivity contribution in [3.8, 4) is 6.07 Å². The van der Waals surface area contributed by atoms with E-state index in [2.05, 4.69) is 15.5 Å². The Morgan fingerprint density at radius 3 is 2.77 bits per heavy atom. The van der Waals surface area contributed by atoms with Crippen molar-refractivity contribution in [3.05, 3.63) is 77.4 Å². The number of aliphatic hydroxyl groups is 1. The van der Waals surface area contributed by atoms with Crippen LogP contribution in [0.2, 0.25) is 0 Å². The van der Waals surface area contributed by atoms with E-state index in [0.29, 0.717) is 11.8 Å². The van der Waals surface area contributed by atoms with Gasteiger partial charge in [-0.15, -0.1) is 0 Å². The summed E-state index contributed by atoms with van der Waals surface area (Å²) in [5, 5.41) is 26.1. The lowest BCUT2D eigenvalue weighted by molar-refractivity contribution is -0.0149. The van der Waals surface area contributed by atoms with E-state index in [1.165, 1.54) is 34.5 Å². The number of anilines is 1. The molecule has 2 N–H and O–H groups in total. The molecule has 1 aliphatic heterocycles. The minimum Gasteiger partial charge on any atom is -0.381 e. The zero-order valence-electron chi connectivity index (χ0n) is 15.8. The van der Waals surface area contributed by atoms with Crippen LogP contribution in [0, 0.1) is 23.0 Å². The van der Waals surface area contributed by atoms with Crippen LogP contribution in [0.15, 0.2) is 49.1 Å². The smallest absolute Gasteiger partial charge is 0.195 e. The molecule has 4 rings (SSSR count). The Balaban J connectivity index is 1.79. The van der Waals surface area contributed by atoms with Crippen LogP contribution in [0.25, 0.3) is 0 Å². The fraction of sp³-hybridized carbons (Fsp3) is 0.250. The molecule has 3 aromatic rings. The van der Waals surface area contributed by atoms with Gasteiger partial charge < -0.3 is 5.11 Å². The normalized spacial score (nSPS) is 18.5. The van der Waals surface area contributed by atoms with E-state index in [0.717, 1.165) is 12.1 Å². The first-order valence-corrected chi connectivity index (χ1v) is 9.07. The van der Waals surface area contributed by atoms with Crippen LogP contribution in [0.5, 0.6) is 0 Å². The molecule has 0 saturated heterocycles. The van der Waals surface area contributed by atoms with E-state index in [-0.39, 0.29) is 23.2 Å². The third kappa shape index (κ3) is 3.28. The molecular formula is C20H17F3N6O. The SMILES string of the molecule is C[C@@H](N1N[C@H](F)c2cc(C#N)ccc21)C(O)(Cn1cncn1)c1ccc(F)cc1F. The Hall–Kier alpha value is -3.42. The highest BCUT2D eigenvalue weighted by Gasteiger charge is 2.45. The average molecular weight is 414 g/mol. The summed E-state index contributed by atoms with van der Waals surface area (Å²) in [6, 6.07) is 8.37. The molecule has 154 valence electrons. The number of nitriles is 1. The molecule has 0 aliphatic carbocycles. The minimum atomic E-state index is -1.95. The Morgan fingerprint density at radius 1 is 1.30 bits per heavy atom. The molecule has 10 heteroatoms. The molecule has 0 fully saturated rings. The van der Waals surface area contributed by atoms with Crippen LogP contribution >= 0.6 is 0 Å². The molecule has 0 saturated carbocycles. The van der Waals surface area contributed by atoms with Gasteiger partial charge in [-0.05, 0) is 31.2 Å². The fourth-order valence-corrected chi connectivity index (χ4v) is 3.69. The highest BCUT2D eigenvalue weighted by molar-refractivity contribution is 5.61. The second-order valence-corrected chi connectivity index (χ2v) is 7.06. The summed E-state index contributed by atoms with van der Waals surface area (Å²) in [6.45, 7) is 1.35. The molecule has 1 aliphatic rings. The van der Waals surface area contributed by atoms with Gasteiger partial charge in [0, 0.05) is 17.2 Å². The molecule has 2 aromatic carbocycles. The van der Waals surface area contributed by atoms with Gasteiger partial charge >= 0.3 is 0 Å². The lowest BCUT2D eigenvalue weighted by Crippen LogP contribution is -2.55. The highest BCUT2D eigenvalue weighted by Crippen LogP contribution is 2.40. The molecule has 0 amide bonds. The lowest BCUT2D eigenvalue weighted by atomic mass is 9.85. The van der Waals surface area contributed by atoms with Crippen molar-refractivity contribution in [1.82, 2.24) is 20.2 Å². The maximum atomic E-state index is 14.7. The van der Waals surface area contributed by atoms with Gasteiger partial charge in [-0.25, -0.2) is 22.8 Å². The highest BCUT2D eigenvalue weighted by atomic mass is 19.1. The summed E-state index contributed by atoms with van der Waals surface area (Å²) in [6.07, 6.45) is 0.988. The zero-order valence-corrected chi connectivity index (χ0v) is 15.8. The Bertz CT molecular complexity index is 1120. The third-order valence-electron chi connectivity index (χ3n) is 5.29. The summed E-state index contributed by atoms with van der Waals surface area (Å²) in [4.78, 5) is 3.83. The molecule has 0 spiro atoms.